The quantitative estimate of drug-likeness (QED) is 0.240. The largest absolute Gasteiger partial charge is 0.490 e. The molecular weight excluding hydrogens is 602 g/mol. The Kier molecular flexibility index (Phi) is 7.50. The maximum Gasteiger partial charge on any atom is 0.328 e. The number of fused-ring (bicyclic) bond motifs is 2. The number of aryl methyl sites for hydroxylation is 4. The molecule has 0 aliphatic carbocycles. The number of halogens is 2. The number of rotatable bonds is 8. The van der Waals surface area contributed by atoms with Crippen LogP contribution in [0, 0.1) is 6.92 Å². The molecule has 0 unspecified atom stereocenters. The number of aromatic nitrogens is 7. The van der Waals surface area contributed by atoms with Crippen LogP contribution in [-0.4, -0.2) is 77.6 Å². The third-order valence-corrected chi connectivity index (χ3v) is 9.28. The highest BCUT2D eigenvalue weighted by Gasteiger charge is 2.25. The van der Waals surface area contributed by atoms with Gasteiger partial charge in [-0.1, -0.05) is 0 Å². The molecule has 1 fully saturated rings. The summed E-state index contributed by atoms with van der Waals surface area (Å²) in [5, 5.41) is 0.786. The molecule has 0 bridgehead atoms. The molecule has 11 nitrogen and oxygen atoms in total. The molecule has 1 aliphatic rings. The molecule has 2 aromatic carbocycles. The Morgan fingerprint density at radius 3 is 2.53 bits per heavy atom. The first-order chi connectivity index (χ1) is 21.7. The molecule has 45 heavy (non-hydrogen) atoms. The Hall–Kier alpha value is -4.40. The minimum absolute atomic E-state index is 0.112. The van der Waals surface area contributed by atoms with Crippen LogP contribution in [0.3, 0.4) is 0 Å². The maximum atomic E-state index is 14.7. The summed E-state index contributed by atoms with van der Waals surface area (Å²) >= 11 is 1.36. The van der Waals surface area contributed by atoms with E-state index in [-0.39, 0.29) is 11.3 Å². The van der Waals surface area contributed by atoms with Crippen molar-refractivity contribution < 1.29 is 18.3 Å². The van der Waals surface area contributed by atoms with Crippen molar-refractivity contribution in [3.8, 4) is 33.4 Å². The molecule has 4 aromatic heterocycles. The summed E-state index contributed by atoms with van der Waals surface area (Å²) in [5.41, 5.74) is 3.71. The van der Waals surface area contributed by atoms with Crippen LogP contribution in [0.25, 0.3) is 49.7 Å². The van der Waals surface area contributed by atoms with Crippen molar-refractivity contribution in [3.63, 3.8) is 0 Å². The van der Waals surface area contributed by atoms with Crippen LogP contribution in [0.5, 0.6) is 5.75 Å². The Balaban J connectivity index is 1.45. The number of benzene rings is 2. The summed E-state index contributed by atoms with van der Waals surface area (Å²) in [5.74, 6) is 1.03. The monoisotopic (exact) mass is 634 g/mol. The first-order valence-electron chi connectivity index (χ1n) is 14.6. The fraction of sp³-hybridized carbons (Fsp3) is 0.355. The van der Waals surface area contributed by atoms with E-state index in [1.165, 1.54) is 17.4 Å². The predicted molar refractivity (Wildman–Crippen MR) is 169 cm³/mol. The molecule has 7 rings (SSSR count). The standard InChI is InChI=1S/C31H32F2N8O3S/c1-18-35-16-27(45-18)20-13-22-23(14-21(20)29(32)33)41(30(36-22)25-15-34-17-37(25)2)19-11-24-28(39(4)31(42)38(24)3)26(12-19)44-10-7-40-5-8-43-9-6-40/h11-17,29H,5-10H2,1-4H3. The van der Waals surface area contributed by atoms with E-state index in [1.54, 1.807) is 48.0 Å². The molecule has 1 aliphatic heterocycles. The molecule has 234 valence electrons. The van der Waals surface area contributed by atoms with Crippen LogP contribution in [0.15, 0.2) is 47.8 Å². The molecule has 6 aromatic rings. The van der Waals surface area contributed by atoms with Gasteiger partial charge in [0.05, 0.1) is 57.9 Å². The molecule has 0 amide bonds. The van der Waals surface area contributed by atoms with Gasteiger partial charge in [-0.3, -0.25) is 18.6 Å². The predicted octanol–water partition coefficient (Wildman–Crippen LogP) is 4.70. The van der Waals surface area contributed by atoms with Crippen molar-refractivity contribution in [1.29, 1.82) is 0 Å². The van der Waals surface area contributed by atoms with Crippen molar-refractivity contribution in [2.24, 2.45) is 21.1 Å². The minimum atomic E-state index is -2.73. The number of ether oxygens (including phenoxy) is 2. The van der Waals surface area contributed by atoms with Crippen molar-refractivity contribution in [2.75, 3.05) is 39.5 Å². The van der Waals surface area contributed by atoms with Gasteiger partial charge in [0.2, 0.25) is 0 Å². The number of morpholine rings is 1. The average molecular weight is 635 g/mol. The number of imidazole rings is 3. The van der Waals surface area contributed by atoms with E-state index in [0.717, 1.165) is 18.1 Å². The summed E-state index contributed by atoms with van der Waals surface area (Å²) in [6.45, 7) is 5.96. The summed E-state index contributed by atoms with van der Waals surface area (Å²) in [4.78, 5) is 29.6. The summed E-state index contributed by atoms with van der Waals surface area (Å²) in [6, 6.07) is 6.93. The van der Waals surface area contributed by atoms with Gasteiger partial charge in [0.25, 0.3) is 6.43 Å². The molecule has 5 heterocycles. The van der Waals surface area contributed by atoms with Gasteiger partial charge < -0.3 is 14.0 Å². The van der Waals surface area contributed by atoms with Gasteiger partial charge in [0, 0.05) is 64.2 Å². The Morgan fingerprint density at radius 1 is 1.04 bits per heavy atom. The second kappa shape index (κ2) is 11.5. The van der Waals surface area contributed by atoms with Crippen LogP contribution in [0.1, 0.15) is 17.0 Å². The lowest BCUT2D eigenvalue weighted by Crippen LogP contribution is -2.38. The summed E-state index contributed by atoms with van der Waals surface area (Å²) in [7, 11) is 5.27. The van der Waals surface area contributed by atoms with Gasteiger partial charge in [-0.05, 0) is 25.1 Å². The van der Waals surface area contributed by atoms with E-state index < -0.39 is 6.43 Å². The van der Waals surface area contributed by atoms with Crippen molar-refractivity contribution >= 4 is 33.4 Å². The molecule has 1 saturated heterocycles. The number of nitrogens with zero attached hydrogens (tertiary/aromatic N) is 8. The zero-order valence-corrected chi connectivity index (χ0v) is 26.1. The number of hydrogen-bond acceptors (Lipinski definition) is 8. The first kappa shape index (κ1) is 29.3. The fourth-order valence-electron chi connectivity index (χ4n) is 5.97. The zero-order chi connectivity index (χ0) is 31.4. The lowest BCUT2D eigenvalue weighted by atomic mass is 10.1. The van der Waals surface area contributed by atoms with Crippen LogP contribution >= 0.6 is 11.3 Å². The van der Waals surface area contributed by atoms with E-state index in [0.29, 0.717) is 81.8 Å². The van der Waals surface area contributed by atoms with Gasteiger partial charge in [0.15, 0.2) is 5.82 Å². The van der Waals surface area contributed by atoms with Crippen LogP contribution in [0.2, 0.25) is 0 Å². The van der Waals surface area contributed by atoms with Gasteiger partial charge in [-0.15, -0.1) is 11.3 Å². The SMILES string of the molecule is Cc1ncc(-c2cc3nc(-c4cncn4C)n(-c4cc(OCCN5CCOCC5)c5c(c4)n(C)c(=O)n5C)c3cc2C(F)F)s1. The van der Waals surface area contributed by atoms with Crippen LogP contribution in [0.4, 0.5) is 8.78 Å². The fourth-order valence-corrected chi connectivity index (χ4v) is 6.79. The van der Waals surface area contributed by atoms with E-state index in [2.05, 4.69) is 14.9 Å². The second-order valence-corrected chi connectivity index (χ2v) is 12.4. The highest BCUT2D eigenvalue weighted by atomic mass is 32.1. The van der Waals surface area contributed by atoms with Crippen molar-refractivity contribution in [3.05, 3.63) is 64.0 Å². The van der Waals surface area contributed by atoms with Crippen LogP contribution < -0.4 is 10.4 Å². The third-order valence-electron chi connectivity index (χ3n) is 8.33. The Bertz CT molecular complexity index is 2100. The van der Waals surface area contributed by atoms with Gasteiger partial charge in [-0.2, -0.15) is 0 Å². The lowest BCUT2D eigenvalue weighted by Gasteiger charge is -2.26. The lowest BCUT2D eigenvalue weighted by molar-refractivity contribution is 0.0323. The molecule has 0 spiro atoms. The van der Waals surface area contributed by atoms with Gasteiger partial charge in [-0.25, -0.2) is 28.5 Å². The Labute approximate surface area is 260 Å². The molecule has 14 heteroatoms. The van der Waals surface area contributed by atoms with Crippen molar-refractivity contribution in [1.82, 2.24) is 38.1 Å². The topological polar surface area (TPSA) is 97.2 Å². The molecule has 0 saturated carbocycles. The summed E-state index contributed by atoms with van der Waals surface area (Å²) in [6.07, 6.45) is 2.25. The highest BCUT2D eigenvalue weighted by Crippen LogP contribution is 2.40. The van der Waals surface area contributed by atoms with E-state index in [1.807, 2.05) is 35.2 Å². The van der Waals surface area contributed by atoms with Gasteiger partial charge >= 0.3 is 5.69 Å². The third kappa shape index (κ3) is 5.12. The highest BCUT2D eigenvalue weighted by molar-refractivity contribution is 7.15. The Morgan fingerprint density at radius 2 is 1.84 bits per heavy atom. The molecular formula is C31H32F2N8O3S. The van der Waals surface area contributed by atoms with E-state index >= 15 is 0 Å². The van der Waals surface area contributed by atoms with Crippen molar-refractivity contribution in [2.45, 2.75) is 13.3 Å². The van der Waals surface area contributed by atoms with E-state index in [4.69, 9.17) is 14.5 Å². The maximum absolute atomic E-state index is 14.7. The normalized spacial score (nSPS) is 14.4. The number of alkyl halides is 2. The first-order valence-corrected chi connectivity index (χ1v) is 15.4. The number of hydrogen-bond donors (Lipinski definition) is 0. The van der Waals surface area contributed by atoms with Crippen LogP contribution in [-0.2, 0) is 25.9 Å². The molecule has 0 radical (unpaired) electrons. The number of thiazole rings is 1. The average Bonchev–Trinajstić information content (AvgIpc) is 3.80. The zero-order valence-electron chi connectivity index (χ0n) is 25.3. The minimum Gasteiger partial charge on any atom is -0.490 e. The van der Waals surface area contributed by atoms with E-state index in [9.17, 15) is 13.6 Å². The second-order valence-electron chi connectivity index (χ2n) is 11.1. The molecule has 0 atom stereocenters. The molecule has 0 N–H and O–H groups in total. The summed E-state index contributed by atoms with van der Waals surface area (Å²) < 4.78 is 48.0. The smallest absolute Gasteiger partial charge is 0.328 e. The van der Waals surface area contributed by atoms with Gasteiger partial charge in [0.1, 0.15) is 23.6 Å².